The molecule has 0 amide bonds. The molecule has 80 valence electrons. The third-order valence-electron chi connectivity index (χ3n) is 3.28. The van der Waals surface area contributed by atoms with E-state index in [1.165, 1.54) is 6.42 Å². The minimum Gasteiger partial charge on any atom is -0.247 e. The fourth-order valence-electron chi connectivity index (χ4n) is 2.53. The van der Waals surface area contributed by atoms with E-state index in [4.69, 9.17) is 0 Å². The van der Waals surface area contributed by atoms with Crippen molar-refractivity contribution in [1.82, 2.24) is 4.98 Å². The molecule has 1 fully saturated rings. The molecule has 2 unspecified atom stereocenters. The van der Waals surface area contributed by atoms with Crippen LogP contribution in [0.15, 0.2) is 5.38 Å². The third-order valence-corrected chi connectivity index (χ3v) is 4.10. The van der Waals surface area contributed by atoms with Gasteiger partial charge in [-0.1, -0.05) is 6.92 Å². The van der Waals surface area contributed by atoms with Gasteiger partial charge in [0.2, 0.25) is 0 Å². The van der Waals surface area contributed by atoms with Crippen LogP contribution in [0.25, 0.3) is 0 Å². The van der Waals surface area contributed by atoms with Crippen LogP contribution in [0.4, 0.5) is 0 Å². The summed E-state index contributed by atoms with van der Waals surface area (Å²) in [5, 5.41) is 12.5. The molecule has 0 aliphatic heterocycles. The number of rotatable bonds is 2. The number of hydrogen-bond donors (Lipinski definition) is 0. The number of hydrogen-bond acceptors (Lipinski definition) is 3. The average Bonchev–Trinajstić information content (AvgIpc) is 2.75. The topological polar surface area (TPSA) is 36.7 Å². The van der Waals surface area contributed by atoms with Gasteiger partial charge in [-0.2, -0.15) is 5.26 Å². The van der Waals surface area contributed by atoms with Crippen LogP contribution in [0.1, 0.15) is 36.9 Å². The van der Waals surface area contributed by atoms with Gasteiger partial charge in [-0.15, -0.1) is 11.3 Å². The van der Waals surface area contributed by atoms with Crippen LogP contribution in [0.3, 0.4) is 0 Å². The zero-order chi connectivity index (χ0) is 10.9. The van der Waals surface area contributed by atoms with Crippen molar-refractivity contribution in [2.24, 2.45) is 11.3 Å². The molecule has 1 heterocycles. The van der Waals surface area contributed by atoms with Gasteiger partial charge in [0, 0.05) is 11.8 Å². The van der Waals surface area contributed by atoms with Crippen molar-refractivity contribution in [3.8, 4) is 6.07 Å². The molecule has 0 bridgehead atoms. The van der Waals surface area contributed by atoms with Gasteiger partial charge in [0.25, 0.3) is 0 Å². The highest BCUT2D eigenvalue weighted by Gasteiger charge is 2.38. The van der Waals surface area contributed by atoms with Crippen LogP contribution in [-0.4, -0.2) is 4.98 Å². The summed E-state index contributed by atoms with van der Waals surface area (Å²) in [4.78, 5) is 4.46. The Bertz CT molecular complexity index is 391. The Morgan fingerprint density at radius 3 is 3.00 bits per heavy atom. The minimum absolute atomic E-state index is 0.125. The van der Waals surface area contributed by atoms with E-state index in [0.717, 1.165) is 30.0 Å². The first-order valence-corrected chi connectivity index (χ1v) is 6.34. The Hall–Kier alpha value is -0.880. The Kier molecular flexibility index (Phi) is 2.79. The molecule has 15 heavy (non-hydrogen) atoms. The number of aryl methyl sites for hydroxylation is 1. The van der Waals surface area contributed by atoms with Crippen molar-refractivity contribution in [2.75, 3.05) is 0 Å². The van der Waals surface area contributed by atoms with Gasteiger partial charge in [0.15, 0.2) is 0 Å². The van der Waals surface area contributed by atoms with E-state index in [-0.39, 0.29) is 5.41 Å². The van der Waals surface area contributed by atoms with Crippen molar-refractivity contribution >= 4 is 11.3 Å². The lowest BCUT2D eigenvalue weighted by Crippen LogP contribution is -2.18. The molecule has 1 aromatic heterocycles. The highest BCUT2D eigenvalue weighted by atomic mass is 32.1. The van der Waals surface area contributed by atoms with Crippen molar-refractivity contribution < 1.29 is 0 Å². The summed E-state index contributed by atoms with van der Waals surface area (Å²) in [7, 11) is 0. The average molecular weight is 220 g/mol. The summed E-state index contributed by atoms with van der Waals surface area (Å²) in [5.41, 5.74) is 0.980. The lowest BCUT2D eigenvalue weighted by molar-refractivity contribution is 0.388. The maximum atomic E-state index is 9.33. The molecule has 0 radical (unpaired) electrons. The summed E-state index contributed by atoms with van der Waals surface area (Å²) >= 11 is 1.68. The molecule has 1 aromatic rings. The summed E-state index contributed by atoms with van der Waals surface area (Å²) in [6, 6.07) is 2.53. The highest BCUT2D eigenvalue weighted by Crippen LogP contribution is 2.43. The second-order valence-electron chi connectivity index (χ2n) is 4.77. The molecular formula is C12H16N2S. The standard InChI is InChI=1S/C12H16N2S/c1-9-3-4-12(5-9,8-13)6-11-7-15-10(2)14-11/h7,9H,3-6H2,1-2H3. The summed E-state index contributed by atoms with van der Waals surface area (Å²) < 4.78 is 0. The molecule has 2 atom stereocenters. The van der Waals surface area contributed by atoms with Crippen LogP contribution < -0.4 is 0 Å². The fraction of sp³-hybridized carbons (Fsp3) is 0.667. The third kappa shape index (κ3) is 2.21. The fourth-order valence-corrected chi connectivity index (χ4v) is 3.14. The molecule has 0 aromatic carbocycles. The van der Waals surface area contributed by atoms with Gasteiger partial charge in [-0.05, 0) is 32.1 Å². The van der Waals surface area contributed by atoms with Gasteiger partial charge in [0.1, 0.15) is 0 Å². The van der Waals surface area contributed by atoms with E-state index in [2.05, 4.69) is 23.4 Å². The first-order chi connectivity index (χ1) is 7.13. The molecule has 1 aliphatic carbocycles. The van der Waals surface area contributed by atoms with Crippen LogP contribution in [0.5, 0.6) is 0 Å². The minimum atomic E-state index is -0.125. The molecule has 2 nitrogen and oxygen atoms in total. The van der Waals surface area contributed by atoms with Gasteiger partial charge in [0.05, 0.1) is 22.2 Å². The van der Waals surface area contributed by atoms with E-state index < -0.39 is 0 Å². The lowest BCUT2D eigenvalue weighted by Gasteiger charge is -2.18. The predicted octanol–water partition coefficient (Wildman–Crippen LogP) is 3.32. The summed E-state index contributed by atoms with van der Waals surface area (Å²) in [6.45, 7) is 4.26. The first kappa shape index (κ1) is 10.6. The van der Waals surface area contributed by atoms with Gasteiger partial charge >= 0.3 is 0 Å². The second-order valence-corrected chi connectivity index (χ2v) is 5.84. The van der Waals surface area contributed by atoms with E-state index >= 15 is 0 Å². The number of aromatic nitrogens is 1. The van der Waals surface area contributed by atoms with E-state index in [9.17, 15) is 5.26 Å². The molecule has 1 aliphatic rings. The largest absolute Gasteiger partial charge is 0.247 e. The van der Waals surface area contributed by atoms with Crippen LogP contribution >= 0.6 is 11.3 Å². The first-order valence-electron chi connectivity index (χ1n) is 5.46. The van der Waals surface area contributed by atoms with E-state index in [1.54, 1.807) is 11.3 Å². The Labute approximate surface area is 95.0 Å². The summed E-state index contributed by atoms with van der Waals surface area (Å²) in [5.74, 6) is 0.699. The van der Waals surface area contributed by atoms with Crippen LogP contribution in [0, 0.1) is 29.6 Å². The predicted molar refractivity (Wildman–Crippen MR) is 61.6 cm³/mol. The molecule has 0 N–H and O–H groups in total. The zero-order valence-electron chi connectivity index (χ0n) is 9.29. The Morgan fingerprint density at radius 1 is 1.73 bits per heavy atom. The molecular weight excluding hydrogens is 204 g/mol. The van der Waals surface area contributed by atoms with E-state index in [0.29, 0.717) is 5.92 Å². The van der Waals surface area contributed by atoms with Crippen molar-refractivity contribution in [3.63, 3.8) is 0 Å². The van der Waals surface area contributed by atoms with Crippen molar-refractivity contribution in [2.45, 2.75) is 39.5 Å². The number of thiazole rings is 1. The van der Waals surface area contributed by atoms with Crippen LogP contribution in [0.2, 0.25) is 0 Å². The molecule has 0 saturated heterocycles. The number of nitriles is 1. The number of nitrogens with zero attached hydrogens (tertiary/aromatic N) is 2. The SMILES string of the molecule is Cc1nc(CC2(C#N)CCC(C)C2)cs1. The van der Waals surface area contributed by atoms with Gasteiger partial charge in [-0.3, -0.25) is 0 Å². The van der Waals surface area contributed by atoms with Gasteiger partial charge < -0.3 is 0 Å². The maximum absolute atomic E-state index is 9.33. The highest BCUT2D eigenvalue weighted by molar-refractivity contribution is 7.09. The van der Waals surface area contributed by atoms with Crippen molar-refractivity contribution in [3.05, 3.63) is 16.1 Å². The van der Waals surface area contributed by atoms with Gasteiger partial charge in [-0.25, -0.2) is 4.98 Å². The van der Waals surface area contributed by atoms with Crippen molar-refractivity contribution in [1.29, 1.82) is 5.26 Å². The molecule has 1 saturated carbocycles. The monoisotopic (exact) mass is 220 g/mol. The molecule has 3 heteroatoms. The molecule has 2 rings (SSSR count). The normalized spacial score (nSPS) is 30.3. The zero-order valence-corrected chi connectivity index (χ0v) is 10.1. The Balaban J connectivity index is 2.13. The lowest BCUT2D eigenvalue weighted by atomic mass is 9.82. The molecule has 0 spiro atoms. The second kappa shape index (κ2) is 3.94. The smallest absolute Gasteiger partial charge is 0.0897 e. The maximum Gasteiger partial charge on any atom is 0.0897 e. The summed E-state index contributed by atoms with van der Waals surface area (Å²) in [6.07, 6.45) is 4.12. The van der Waals surface area contributed by atoms with Crippen LogP contribution in [-0.2, 0) is 6.42 Å². The van der Waals surface area contributed by atoms with E-state index in [1.807, 2.05) is 6.92 Å². The Morgan fingerprint density at radius 2 is 2.53 bits per heavy atom. The quantitative estimate of drug-likeness (QED) is 0.766.